The summed E-state index contributed by atoms with van der Waals surface area (Å²) in [5.74, 6) is 0.651. The molecule has 1 aromatic heterocycles. The molecule has 0 fully saturated rings. The van der Waals surface area contributed by atoms with E-state index in [0.29, 0.717) is 12.4 Å². The molecule has 1 amide bonds. The maximum atomic E-state index is 11.6. The minimum absolute atomic E-state index is 0.0141. The van der Waals surface area contributed by atoms with Gasteiger partial charge in [0.15, 0.2) is 5.82 Å². The van der Waals surface area contributed by atoms with Crippen LogP contribution in [0.3, 0.4) is 0 Å². The molecule has 0 atom stereocenters. The fraction of sp³-hybridized carbons (Fsp3) is 0.286. The number of ether oxygens (including phenoxy) is 1. The van der Waals surface area contributed by atoms with Crippen LogP contribution in [0.25, 0.3) is 17.1 Å². The summed E-state index contributed by atoms with van der Waals surface area (Å²) in [6, 6.07) is 17.2. The van der Waals surface area contributed by atoms with E-state index < -0.39 is 5.91 Å². The molecule has 0 unspecified atom stereocenters. The molecule has 1 heterocycles. The van der Waals surface area contributed by atoms with Crippen molar-refractivity contribution in [1.29, 1.82) is 0 Å². The predicted molar refractivity (Wildman–Crippen MR) is 105 cm³/mol. The summed E-state index contributed by atoms with van der Waals surface area (Å²) in [5, 5.41) is 4.29. The second-order valence-electron chi connectivity index (χ2n) is 6.31. The molecule has 0 aliphatic carbocycles. The van der Waals surface area contributed by atoms with Gasteiger partial charge in [-0.3, -0.25) is 4.79 Å². The Balaban J connectivity index is 1.87. The molecule has 0 aliphatic heterocycles. The fourth-order valence-electron chi connectivity index (χ4n) is 2.79. The van der Waals surface area contributed by atoms with Gasteiger partial charge in [-0.2, -0.15) is 0 Å². The molecule has 0 spiro atoms. The smallest absolute Gasteiger partial charge is 0.288 e. The summed E-state index contributed by atoms with van der Waals surface area (Å²) in [4.78, 5) is 15.9. The average Bonchev–Trinajstić information content (AvgIpc) is 3.15. The first-order valence-corrected chi connectivity index (χ1v) is 9.24. The Morgan fingerprint density at radius 2 is 1.89 bits per heavy atom. The zero-order valence-corrected chi connectivity index (χ0v) is 15.5. The molecule has 3 aromatic rings. The second kappa shape index (κ2) is 8.98. The van der Waals surface area contributed by atoms with Gasteiger partial charge in [0.25, 0.3) is 5.91 Å². The molecule has 0 radical (unpaired) electrons. The molecule has 0 saturated heterocycles. The van der Waals surface area contributed by atoms with E-state index in [1.807, 2.05) is 54.6 Å². The molecule has 2 N–H and O–H groups in total. The fourth-order valence-corrected chi connectivity index (χ4v) is 2.79. The molecule has 0 aliphatic rings. The van der Waals surface area contributed by atoms with E-state index in [2.05, 4.69) is 17.0 Å². The minimum atomic E-state index is -0.658. The number of amides is 1. The van der Waals surface area contributed by atoms with Gasteiger partial charge in [0.1, 0.15) is 5.75 Å². The van der Waals surface area contributed by atoms with Crippen LogP contribution in [0.2, 0.25) is 0 Å². The first-order valence-electron chi connectivity index (χ1n) is 9.24. The normalized spacial score (nSPS) is 10.7. The van der Waals surface area contributed by atoms with E-state index >= 15 is 0 Å². The van der Waals surface area contributed by atoms with Crippen molar-refractivity contribution in [2.24, 2.45) is 5.73 Å². The highest BCUT2D eigenvalue weighted by molar-refractivity contribution is 5.89. The number of primary amides is 1. The molecule has 2 aromatic carbocycles. The highest BCUT2D eigenvalue weighted by Crippen LogP contribution is 2.23. The zero-order chi connectivity index (χ0) is 19.1. The SMILES string of the molecule is CCCCCCOc1cccc(-n2nc(C(N)=O)nc2-c2ccccc2)c1. The Kier molecular flexibility index (Phi) is 6.20. The Morgan fingerprint density at radius 1 is 1.07 bits per heavy atom. The van der Waals surface area contributed by atoms with Gasteiger partial charge in [-0.05, 0) is 18.6 Å². The molecule has 0 saturated carbocycles. The van der Waals surface area contributed by atoms with Crippen LogP contribution >= 0.6 is 0 Å². The number of benzene rings is 2. The van der Waals surface area contributed by atoms with Gasteiger partial charge in [0.2, 0.25) is 5.82 Å². The van der Waals surface area contributed by atoms with Crippen LogP contribution in [0, 0.1) is 0 Å². The number of carbonyl (C=O) groups excluding carboxylic acids is 1. The number of nitrogens with two attached hydrogens (primary N) is 1. The predicted octanol–water partition coefficient (Wildman–Crippen LogP) is 3.99. The molecular weight excluding hydrogens is 340 g/mol. The van der Waals surface area contributed by atoms with Crippen molar-refractivity contribution in [1.82, 2.24) is 14.8 Å². The quantitative estimate of drug-likeness (QED) is 0.582. The maximum absolute atomic E-state index is 11.6. The van der Waals surface area contributed by atoms with Gasteiger partial charge in [0, 0.05) is 11.6 Å². The molecule has 27 heavy (non-hydrogen) atoms. The second-order valence-corrected chi connectivity index (χ2v) is 6.31. The van der Waals surface area contributed by atoms with Crippen molar-refractivity contribution in [2.45, 2.75) is 32.6 Å². The lowest BCUT2D eigenvalue weighted by molar-refractivity contribution is 0.0990. The maximum Gasteiger partial charge on any atom is 0.288 e. The third kappa shape index (κ3) is 4.73. The van der Waals surface area contributed by atoms with Crippen molar-refractivity contribution in [3.05, 3.63) is 60.4 Å². The zero-order valence-electron chi connectivity index (χ0n) is 15.5. The lowest BCUT2D eigenvalue weighted by Crippen LogP contribution is -2.13. The minimum Gasteiger partial charge on any atom is -0.494 e. The van der Waals surface area contributed by atoms with Crippen LogP contribution in [0.15, 0.2) is 54.6 Å². The van der Waals surface area contributed by atoms with Gasteiger partial charge in [0.05, 0.1) is 12.3 Å². The highest BCUT2D eigenvalue weighted by Gasteiger charge is 2.17. The summed E-state index contributed by atoms with van der Waals surface area (Å²) < 4.78 is 7.49. The monoisotopic (exact) mass is 364 g/mol. The summed E-state index contributed by atoms with van der Waals surface area (Å²) in [7, 11) is 0. The highest BCUT2D eigenvalue weighted by atomic mass is 16.5. The van der Waals surface area contributed by atoms with Crippen LogP contribution in [0.4, 0.5) is 0 Å². The largest absolute Gasteiger partial charge is 0.494 e. The number of unbranched alkanes of at least 4 members (excludes halogenated alkanes) is 3. The van der Waals surface area contributed by atoms with E-state index in [0.717, 1.165) is 23.4 Å². The van der Waals surface area contributed by atoms with Crippen LogP contribution in [0.1, 0.15) is 43.2 Å². The van der Waals surface area contributed by atoms with Crippen LogP contribution in [-0.4, -0.2) is 27.3 Å². The lowest BCUT2D eigenvalue weighted by atomic mass is 10.2. The van der Waals surface area contributed by atoms with E-state index in [9.17, 15) is 4.79 Å². The summed E-state index contributed by atoms with van der Waals surface area (Å²) in [6.45, 7) is 2.87. The Morgan fingerprint density at radius 3 is 2.63 bits per heavy atom. The summed E-state index contributed by atoms with van der Waals surface area (Å²) in [5.41, 5.74) is 7.00. The standard InChI is InChI=1S/C21H24N4O2/c1-2-3-4-8-14-27-18-13-9-12-17(15-18)25-21(16-10-6-5-7-11-16)23-20(24-25)19(22)26/h5-7,9-13,15H,2-4,8,14H2,1H3,(H2,22,26). The number of carbonyl (C=O) groups is 1. The van der Waals surface area contributed by atoms with Gasteiger partial charge >= 0.3 is 0 Å². The first-order chi connectivity index (χ1) is 13.2. The number of rotatable bonds is 9. The van der Waals surface area contributed by atoms with Crippen molar-refractivity contribution in [3.63, 3.8) is 0 Å². The number of hydrogen-bond acceptors (Lipinski definition) is 4. The van der Waals surface area contributed by atoms with Crippen molar-refractivity contribution in [3.8, 4) is 22.8 Å². The van der Waals surface area contributed by atoms with Gasteiger partial charge in [-0.1, -0.05) is 62.6 Å². The van der Waals surface area contributed by atoms with Gasteiger partial charge < -0.3 is 10.5 Å². The first kappa shape index (κ1) is 18.6. The Hall–Kier alpha value is -3.15. The number of hydrogen-bond donors (Lipinski definition) is 1. The van der Waals surface area contributed by atoms with Crippen molar-refractivity contribution < 1.29 is 9.53 Å². The van der Waals surface area contributed by atoms with E-state index in [-0.39, 0.29) is 5.82 Å². The molecule has 6 heteroatoms. The molecule has 6 nitrogen and oxygen atoms in total. The van der Waals surface area contributed by atoms with Crippen LogP contribution in [-0.2, 0) is 0 Å². The third-order valence-corrected chi connectivity index (χ3v) is 4.19. The van der Waals surface area contributed by atoms with Gasteiger partial charge in [-0.25, -0.2) is 9.67 Å². The van der Waals surface area contributed by atoms with Crippen LogP contribution in [0.5, 0.6) is 5.75 Å². The number of nitrogens with zero attached hydrogens (tertiary/aromatic N) is 3. The van der Waals surface area contributed by atoms with E-state index in [1.54, 1.807) is 4.68 Å². The molecular formula is C21H24N4O2. The van der Waals surface area contributed by atoms with Crippen molar-refractivity contribution in [2.75, 3.05) is 6.61 Å². The molecule has 140 valence electrons. The van der Waals surface area contributed by atoms with E-state index in [4.69, 9.17) is 10.5 Å². The van der Waals surface area contributed by atoms with E-state index in [1.165, 1.54) is 19.3 Å². The average molecular weight is 364 g/mol. The summed E-state index contributed by atoms with van der Waals surface area (Å²) in [6.07, 6.45) is 4.62. The van der Waals surface area contributed by atoms with Gasteiger partial charge in [-0.15, -0.1) is 5.10 Å². The topological polar surface area (TPSA) is 83.0 Å². The van der Waals surface area contributed by atoms with Crippen LogP contribution < -0.4 is 10.5 Å². The number of aromatic nitrogens is 3. The molecule has 0 bridgehead atoms. The third-order valence-electron chi connectivity index (χ3n) is 4.19. The molecule has 3 rings (SSSR count). The lowest BCUT2D eigenvalue weighted by Gasteiger charge is -2.09. The van der Waals surface area contributed by atoms with Crippen molar-refractivity contribution >= 4 is 5.91 Å². The summed E-state index contributed by atoms with van der Waals surface area (Å²) >= 11 is 0. The Bertz CT molecular complexity index is 890. The Labute approximate surface area is 159 Å².